The lowest BCUT2D eigenvalue weighted by atomic mass is 9.78. The van der Waals surface area contributed by atoms with E-state index in [0.29, 0.717) is 82.7 Å². The Balaban J connectivity index is 0. The van der Waals surface area contributed by atoms with Crippen molar-refractivity contribution in [1.29, 1.82) is 0 Å². The molecule has 9 N–H and O–H groups in total. The van der Waals surface area contributed by atoms with Gasteiger partial charge in [-0.15, -0.1) is 0 Å². The number of amides is 4. The maximum Gasteiger partial charge on any atom is 0.326 e. The van der Waals surface area contributed by atoms with Gasteiger partial charge in [-0.05, 0) is 108 Å². The fourth-order valence-electron chi connectivity index (χ4n) is 12.0. The third kappa shape index (κ3) is 43.0. The van der Waals surface area contributed by atoms with Crippen LogP contribution < -0.4 is 21.3 Å². The zero-order valence-corrected chi connectivity index (χ0v) is 58.0. The van der Waals surface area contributed by atoms with E-state index in [0.717, 1.165) is 19.3 Å². The van der Waals surface area contributed by atoms with E-state index in [1.165, 1.54) is 116 Å². The van der Waals surface area contributed by atoms with Gasteiger partial charge in [0.2, 0.25) is 23.6 Å². The Morgan fingerprint density at radius 2 is 0.979 bits per heavy atom. The average molecular weight is 1340 g/mol. The third-order valence-corrected chi connectivity index (χ3v) is 18.1. The van der Waals surface area contributed by atoms with Gasteiger partial charge in [-0.1, -0.05) is 148 Å². The van der Waals surface area contributed by atoms with Crippen LogP contribution in [-0.4, -0.2) is 127 Å². The zero-order chi connectivity index (χ0) is 70.9. The highest BCUT2D eigenvalue weighted by atomic mass is 16.4. The summed E-state index contributed by atoms with van der Waals surface area (Å²) in [5.74, 6) is -11.8. The normalized spacial score (nSPS) is 15.4. The highest BCUT2D eigenvalue weighted by molar-refractivity contribution is 5.94. The van der Waals surface area contributed by atoms with Crippen LogP contribution in [0.2, 0.25) is 0 Å². The van der Waals surface area contributed by atoms with Crippen LogP contribution in [0.5, 0.6) is 5.75 Å². The van der Waals surface area contributed by atoms with Crippen LogP contribution in [0, 0.1) is 35.5 Å². The van der Waals surface area contributed by atoms with Crippen LogP contribution in [0.15, 0.2) is 24.3 Å². The summed E-state index contributed by atoms with van der Waals surface area (Å²) in [6, 6.07) is 3.82. The van der Waals surface area contributed by atoms with E-state index < -0.39 is 102 Å². The third-order valence-electron chi connectivity index (χ3n) is 18.1. The minimum atomic E-state index is -1.54. The van der Waals surface area contributed by atoms with E-state index in [4.69, 9.17) is 5.11 Å². The molecule has 0 bridgehead atoms. The molecule has 1 aromatic carbocycles. The van der Waals surface area contributed by atoms with Gasteiger partial charge in [0.1, 0.15) is 34.9 Å². The van der Waals surface area contributed by atoms with Crippen molar-refractivity contribution in [2.75, 3.05) is 13.1 Å². The highest BCUT2D eigenvalue weighted by Gasteiger charge is 2.33. The van der Waals surface area contributed by atoms with Crippen molar-refractivity contribution < 1.29 is 90.7 Å². The van der Waals surface area contributed by atoms with Crippen LogP contribution in [0.3, 0.4) is 0 Å². The molecule has 0 heterocycles. The minimum Gasteiger partial charge on any atom is -0.508 e. The number of aliphatic carboxylic acids is 4. The molecule has 0 radical (unpaired) electrons. The molecule has 0 saturated heterocycles. The molecule has 95 heavy (non-hydrogen) atoms. The molecule has 0 aliphatic heterocycles. The van der Waals surface area contributed by atoms with Crippen molar-refractivity contribution in [2.45, 2.75) is 297 Å². The van der Waals surface area contributed by atoms with Crippen LogP contribution in [0.4, 0.5) is 0 Å². The number of benzene rings is 1. The molecule has 22 nitrogen and oxygen atoms in total. The van der Waals surface area contributed by atoms with E-state index in [2.05, 4.69) is 28.2 Å². The summed E-state index contributed by atoms with van der Waals surface area (Å²) in [6.07, 6.45) is 25.1. The molecule has 0 aromatic heterocycles. The number of hydrogen-bond acceptors (Lipinski definition) is 14. The molecule has 1 fully saturated rings. The van der Waals surface area contributed by atoms with Crippen LogP contribution in [0.1, 0.15) is 287 Å². The summed E-state index contributed by atoms with van der Waals surface area (Å²) in [4.78, 5) is 161. The number of Topliss-reactive ketones (excluding diaryl/α,β-unsaturated/α-hetero) is 5. The first-order valence-corrected chi connectivity index (χ1v) is 35.7. The highest BCUT2D eigenvalue weighted by Crippen LogP contribution is 2.32. The smallest absolute Gasteiger partial charge is 0.326 e. The van der Waals surface area contributed by atoms with Gasteiger partial charge in [0.05, 0.1) is 17.9 Å². The Labute approximate surface area is 567 Å². The second-order valence-electron chi connectivity index (χ2n) is 26.3. The fourth-order valence-corrected chi connectivity index (χ4v) is 12.0. The lowest BCUT2D eigenvalue weighted by Crippen LogP contribution is -2.42. The van der Waals surface area contributed by atoms with E-state index >= 15 is 0 Å². The first-order chi connectivity index (χ1) is 45.3. The monoisotopic (exact) mass is 1340 g/mol. The molecule has 22 heteroatoms. The van der Waals surface area contributed by atoms with Crippen LogP contribution >= 0.6 is 0 Å². The molecule has 1 aliphatic carbocycles. The molecule has 1 saturated carbocycles. The van der Waals surface area contributed by atoms with E-state index in [9.17, 15) is 82.8 Å². The van der Waals surface area contributed by atoms with Gasteiger partial charge in [-0.2, -0.15) is 0 Å². The first kappa shape index (κ1) is 86.1. The molecule has 1 aromatic rings. The molecular formula is C73H122N4O18. The van der Waals surface area contributed by atoms with Crippen LogP contribution in [0.25, 0.3) is 0 Å². The van der Waals surface area contributed by atoms with Gasteiger partial charge >= 0.3 is 23.9 Å². The Bertz CT molecular complexity index is 2510. The number of carboxylic acids is 4. The van der Waals surface area contributed by atoms with Gasteiger partial charge in [0.25, 0.3) is 0 Å². The van der Waals surface area contributed by atoms with Crippen molar-refractivity contribution in [3.63, 3.8) is 0 Å². The number of rotatable bonds is 56. The molecule has 1 aliphatic rings. The summed E-state index contributed by atoms with van der Waals surface area (Å²) >= 11 is 0. The van der Waals surface area contributed by atoms with Gasteiger partial charge in [-0.3, -0.25) is 57.5 Å². The van der Waals surface area contributed by atoms with Gasteiger partial charge in [-0.25, -0.2) is 4.79 Å². The van der Waals surface area contributed by atoms with Gasteiger partial charge in [0, 0.05) is 98.4 Å². The van der Waals surface area contributed by atoms with E-state index in [1.54, 1.807) is 19.1 Å². The topological polar surface area (TPSA) is 371 Å². The van der Waals surface area contributed by atoms with Gasteiger partial charge in [0.15, 0.2) is 5.78 Å². The number of carbonyl (C=O) groups excluding carboxylic acids is 9. The second kappa shape index (κ2) is 52.3. The van der Waals surface area contributed by atoms with Crippen molar-refractivity contribution in [1.82, 2.24) is 21.3 Å². The Morgan fingerprint density at radius 1 is 0.463 bits per heavy atom. The Hall–Kier alpha value is -6.87. The van der Waals surface area contributed by atoms with Crippen LogP contribution in [-0.2, 0) is 68.7 Å². The van der Waals surface area contributed by atoms with Crippen molar-refractivity contribution in [2.24, 2.45) is 35.5 Å². The average Bonchev–Trinajstić information content (AvgIpc) is 1.59. The predicted molar refractivity (Wildman–Crippen MR) is 366 cm³/mol. The number of phenols is 1. The molecule has 6 atom stereocenters. The zero-order valence-electron chi connectivity index (χ0n) is 58.0. The maximum absolute atomic E-state index is 13.6. The number of nitrogens with one attached hydrogen (secondary N) is 4. The molecule has 542 valence electrons. The number of phenolic OH excluding ortho intramolecular Hbond substituents is 1. The SMILES string of the molecule is CCCCCCCCCCCCCCCCCCC(=O)O.CCCC[C@H](CC(=O)[C@@H](Cc1ccc(O)cc1)NC(C)=O)C(=O)C[C@@H](CCCCNC(=O)CC[C@H](CC(=O)CC[C@H](NC(=O)CC[C@H](CC(=O)C1CCC(CNC(=O)CC)CC1)C(=O)O)C(=O)O)C(=O)O)C(C)=O.[HH].[HH]. The predicted octanol–water partition coefficient (Wildman–Crippen LogP) is 12.4. The lowest BCUT2D eigenvalue weighted by Gasteiger charge is -2.28. The maximum atomic E-state index is 13.6. The second-order valence-corrected chi connectivity index (χ2v) is 26.3. The van der Waals surface area contributed by atoms with Gasteiger partial charge < -0.3 is 46.8 Å². The number of carboxylic acid groups (broad SMARTS) is 4. The quantitative estimate of drug-likeness (QED) is 0.0274. The van der Waals surface area contributed by atoms with Crippen molar-refractivity contribution in [3.05, 3.63) is 29.8 Å². The summed E-state index contributed by atoms with van der Waals surface area (Å²) in [7, 11) is 0. The Morgan fingerprint density at radius 3 is 1.48 bits per heavy atom. The first-order valence-electron chi connectivity index (χ1n) is 35.7. The number of ketones is 5. The van der Waals surface area contributed by atoms with E-state index in [1.807, 2.05) is 6.92 Å². The molecule has 4 amide bonds. The fraction of sp³-hybridized carbons (Fsp3) is 0.740. The Kier molecular flexibility index (Phi) is 47.5. The summed E-state index contributed by atoms with van der Waals surface area (Å²) < 4.78 is 0. The molecule has 2 rings (SSSR count). The number of hydrogen-bond donors (Lipinski definition) is 9. The van der Waals surface area contributed by atoms with Crippen molar-refractivity contribution in [3.8, 4) is 5.75 Å². The number of aromatic hydroxyl groups is 1. The lowest BCUT2D eigenvalue weighted by molar-refractivity contribution is -0.145. The summed E-state index contributed by atoms with van der Waals surface area (Å²) in [5, 5.41) is 58.0. The minimum absolute atomic E-state index is 0. The molecule has 0 spiro atoms. The summed E-state index contributed by atoms with van der Waals surface area (Å²) in [6.45, 7) is 9.39. The largest absolute Gasteiger partial charge is 0.508 e. The number of carbonyl (C=O) groups is 13. The molecular weight excluding hydrogens is 1220 g/mol. The van der Waals surface area contributed by atoms with Crippen molar-refractivity contribution >= 4 is 76.4 Å². The van der Waals surface area contributed by atoms with E-state index in [-0.39, 0.29) is 107 Å². The standard InChI is InChI=1S/C54H80N4O16.C19H38O2.2H2/c1-5-7-10-39(30-48(65)45(57-34(4)60)27-35-14-20-42(61)21-15-35)47(64)29-38(33(3)59)11-8-9-26-55-50(67)24-18-40(52(69)70)28-43(62)22-23-44(54(73)74)58-51(68)25-19-41(53(71)72)31-46(63)37-16-12-36(13-17-37)32-56-49(66)6-2;1-2-3-4-5-6-7-8-9-10-11-12-13-14-15-16-17-18-19(20)21;;/h14-15,20-21,36-41,44-45,61H,5-13,16-19,22-32H2,1-4H3,(H,55,67)(H,56,66)(H,57,60)(H,58,68)(H,69,70)(H,71,72)(H,73,74);2-18H2,1H3,(H,20,21);2*1H/t36?,37?,38-,39-,40-,41-,44+,45-;;;/m1.../s1. The summed E-state index contributed by atoms with van der Waals surface area (Å²) in [5.41, 5.74) is 0.711. The number of unbranched alkanes of at least 4 members (excludes halogenated alkanes) is 17. The molecule has 0 unspecified atom stereocenters.